The van der Waals surface area contributed by atoms with Crippen molar-refractivity contribution >= 4 is 46.0 Å². The predicted octanol–water partition coefficient (Wildman–Crippen LogP) is 2.70. The number of nitrogens with one attached hydrogen (secondary N) is 1. The summed E-state index contributed by atoms with van der Waals surface area (Å²) in [5.41, 5.74) is 3.58. The van der Waals surface area contributed by atoms with Gasteiger partial charge in [-0.25, -0.2) is 14.4 Å². The molecular weight excluding hydrogens is 586 g/mol. The summed E-state index contributed by atoms with van der Waals surface area (Å²) in [6, 6.07) is 2.85. The first-order valence-electron chi connectivity index (χ1n) is 13.3. The third kappa shape index (κ3) is 5.39. The number of amides is 2. The minimum absolute atomic E-state index is 0.00311. The van der Waals surface area contributed by atoms with Gasteiger partial charge < -0.3 is 35.1 Å². The second-order valence-electron chi connectivity index (χ2n) is 10.7. The molecule has 0 bridgehead atoms. The Balaban J connectivity index is 1.52. The molecule has 2 atom stereocenters. The zero-order chi connectivity index (χ0) is 31.3. The lowest BCUT2D eigenvalue weighted by Crippen LogP contribution is -2.56. The number of fused-ring (bicyclic) bond motifs is 1. The molecule has 2 amide bonds. The number of hydrogen-bond donors (Lipinski definition) is 3. The highest BCUT2D eigenvalue weighted by molar-refractivity contribution is 6.33. The summed E-state index contributed by atoms with van der Waals surface area (Å²) in [7, 11) is 3.46. The Labute approximate surface area is 249 Å². The van der Waals surface area contributed by atoms with Crippen LogP contribution >= 0.6 is 11.6 Å². The molecule has 0 saturated carbocycles. The van der Waals surface area contributed by atoms with Crippen molar-refractivity contribution in [3.8, 4) is 16.9 Å². The fraction of sp³-hybridized carbons (Fsp3) is 0.321. The molecule has 0 unspecified atom stereocenters. The van der Waals surface area contributed by atoms with E-state index in [0.29, 0.717) is 11.5 Å². The lowest BCUT2D eigenvalue weighted by Gasteiger charge is -2.44. The molecular formula is C28H29ClF2N8O4. The molecule has 12 nitrogen and oxygen atoms in total. The van der Waals surface area contributed by atoms with Gasteiger partial charge in [0.05, 0.1) is 34.2 Å². The minimum Gasteiger partial charge on any atom is -0.504 e. The van der Waals surface area contributed by atoms with E-state index in [1.54, 1.807) is 6.07 Å². The third-order valence-electron chi connectivity index (χ3n) is 7.47. The molecule has 0 aliphatic carbocycles. The Morgan fingerprint density at radius 3 is 2.44 bits per heavy atom. The number of phenols is 1. The smallest absolute Gasteiger partial charge is 0.263 e. The molecule has 5 rings (SSSR count). The van der Waals surface area contributed by atoms with Gasteiger partial charge in [-0.1, -0.05) is 11.6 Å². The number of hydrogen-bond acceptors (Lipinski definition) is 8. The van der Waals surface area contributed by atoms with Crippen LogP contribution in [0.2, 0.25) is 5.02 Å². The number of nitrogens with zero attached hydrogens (tertiary/aromatic N) is 6. The van der Waals surface area contributed by atoms with Gasteiger partial charge in [-0.2, -0.15) is 4.39 Å². The summed E-state index contributed by atoms with van der Waals surface area (Å²) in [6.45, 7) is 5.44. The van der Waals surface area contributed by atoms with Crippen molar-refractivity contribution in [2.75, 3.05) is 30.4 Å². The second kappa shape index (κ2) is 11.3. The number of aromatic nitrogens is 4. The maximum absolute atomic E-state index is 15.1. The van der Waals surface area contributed by atoms with Crippen LogP contribution in [0.1, 0.15) is 24.2 Å². The maximum Gasteiger partial charge on any atom is 0.263 e. The average Bonchev–Trinajstić information content (AvgIpc) is 3.28. The van der Waals surface area contributed by atoms with Crippen molar-refractivity contribution in [2.24, 2.45) is 12.8 Å². The van der Waals surface area contributed by atoms with Crippen LogP contribution in [-0.2, 0) is 18.4 Å². The number of aromatic hydroxyl groups is 1. The molecule has 1 fully saturated rings. The topological polar surface area (TPSA) is 152 Å². The molecule has 0 radical (unpaired) electrons. The quantitative estimate of drug-likeness (QED) is 0.300. The summed E-state index contributed by atoms with van der Waals surface area (Å²) in [5, 5.41) is 12.7. The first kappa shape index (κ1) is 29.9. The highest BCUT2D eigenvalue weighted by Crippen LogP contribution is 2.36. The molecule has 1 saturated heterocycles. The summed E-state index contributed by atoms with van der Waals surface area (Å²) in [5.74, 6) is -5.60. The third-order valence-corrected chi connectivity index (χ3v) is 7.77. The molecule has 226 valence electrons. The molecule has 4 aromatic rings. The lowest BCUT2D eigenvalue weighted by molar-refractivity contribution is -0.116. The molecule has 3 aromatic heterocycles. The number of likely N-dealkylation sites (N-methyl/N-ethyl adjacent to an activating group) is 1. The van der Waals surface area contributed by atoms with Crippen LogP contribution in [0.15, 0.2) is 35.6 Å². The average molecular weight is 615 g/mol. The molecule has 1 aromatic carbocycles. The molecule has 4 heterocycles. The van der Waals surface area contributed by atoms with E-state index in [1.165, 1.54) is 30.3 Å². The van der Waals surface area contributed by atoms with Crippen molar-refractivity contribution in [3.05, 3.63) is 63.4 Å². The second-order valence-corrected chi connectivity index (χ2v) is 11.1. The fourth-order valence-corrected chi connectivity index (χ4v) is 5.79. The summed E-state index contributed by atoms with van der Waals surface area (Å²) in [6.07, 6.45) is 3.92. The van der Waals surface area contributed by atoms with Gasteiger partial charge in [-0.3, -0.25) is 14.4 Å². The maximum atomic E-state index is 15.1. The van der Waals surface area contributed by atoms with E-state index in [2.05, 4.69) is 46.0 Å². The first-order chi connectivity index (χ1) is 20.3. The Morgan fingerprint density at radius 1 is 1.12 bits per heavy atom. The van der Waals surface area contributed by atoms with E-state index in [1.807, 2.05) is 0 Å². The number of halogens is 3. The molecule has 43 heavy (non-hydrogen) atoms. The normalized spacial score (nSPS) is 17.4. The van der Waals surface area contributed by atoms with Gasteiger partial charge >= 0.3 is 0 Å². The van der Waals surface area contributed by atoms with Crippen molar-refractivity contribution in [1.29, 1.82) is 0 Å². The van der Waals surface area contributed by atoms with Gasteiger partial charge in [0.1, 0.15) is 18.0 Å². The Hall–Kier alpha value is -4.56. The van der Waals surface area contributed by atoms with Crippen LogP contribution in [0, 0.1) is 11.6 Å². The highest BCUT2D eigenvalue weighted by Gasteiger charge is 2.30. The van der Waals surface area contributed by atoms with Gasteiger partial charge in [-0.05, 0) is 27.0 Å². The van der Waals surface area contributed by atoms with Gasteiger partial charge in [0, 0.05) is 55.6 Å². The number of piperazine rings is 1. The summed E-state index contributed by atoms with van der Waals surface area (Å²) < 4.78 is 32.1. The summed E-state index contributed by atoms with van der Waals surface area (Å²) in [4.78, 5) is 51.3. The highest BCUT2D eigenvalue weighted by atomic mass is 35.5. The van der Waals surface area contributed by atoms with Crippen LogP contribution in [0.4, 0.5) is 20.3 Å². The van der Waals surface area contributed by atoms with Crippen molar-refractivity contribution in [2.45, 2.75) is 32.5 Å². The molecule has 15 heteroatoms. The SMILES string of the molecule is C[C@H]1CN(C)C[C@H](C)N1c1cc(NC(=O)Cn2cc(-c3cc(C(N)=O)c(O)c(F)c3F)c3c(=O)n(C)cnc32)c(Cl)cn1. The predicted molar refractivity (Wildman–Crippen MR) is 157 cm³/mol. The van der Waals surface area contributed by atoms with Crippen molar-refractivity contribution < 1.29 is 23.5 Å². The zero-order valence-electron chi connectivity index (χ0n) is 23.7. The molecule has 0 spiro atoms. The molecule has 1 aliphatic heterocycles. The van der Waals surface area contributed by atoms with E-state index >= 15 is 4.39 Å². The van der Waals surface area contributed by atoms with Crippen LogP contribution < -0.4 is 21.5 Å². The number of nitrogens with two attached hydrogens (primary N) is 1. The van der Waals surface area contributed by atoms with E-state index in [-0.39, 0.29) is 33.7 Å². The Morgan fingerprint density at radius 2 is 1.79 bits per heavy atom. The standard InChI is InChI=1S/C28H29ClF2N8O4/c1-13-8-36(3)9-14(2)39(13)20-6-19(18(29)7-33-20)35-21(40)11-38-10-17(22-27(38)34-12-37(4)28(22)43)15-5-16(26(32)42)25(41)24(31)23(15)30/h5-7,10,12-14,41H,8-9,11H2,1-4H3,(H2,32,42)(H,33,35,40)/t13-,14-/m0/s1. The van der Waals surface area contributed by atoms with Crippen LogP contribution in [0.5, 0.6) is 5.75 Å². The Bertz CT molecular complexity index is 1830. The number of primary amides is 1. The number of pyridine rings is 1. The molecule has 4 N–H and O–H groups in total. The van der Waals surface area contributed by atoms with Crippen molar-refractivity contribution in [1.82, 2.24) is 24.0 Å². The number of carbonyl (C=O) groups is 2. The lowest BCUT2D eigenvalue weighted by atomic mass is 10.0. The number of anilines is 2. The van der Waals surface area contributed by atoms with Crippen LogP contribution in [0.3, 0.4) is 0 Å². The number of carbonyl (C=O) groups excluding carboxylic acids is 2. The van der Waals surface area contributed by atoms with E-state index in [4.69, 9.17) is 17.3 Å². The fourth-order valence-electron chi connectivity index (χ4n) is 5.64. The first-order valence-corrected chi connectivity index (χ1v) is 13.6. The number of aryl methyl sites for hydroxylation is 1. The number of rotatable bonds is 6. The minimum atomic E-state index is -1.71. The monoisotopic (exact) mass is 614 g/mol. The largest absolute Gasteiger partial charge is 0.504 e. The van der Waals surface area contributed by atoms with Gasteiger partial charge in [0.15, 0.2) is 11.6 Å². The number of benzene rings is 1. The van der Waals surface area contributed by atoms with Crippen LogP contribution in [-0.4, -0.2) is 73.1 Å². The summed E-state index contributed by atoms with van der Waals surface area (Å²) >= 11 is 6.38. The van der Waals surface area contributed by atoms with Gasteiger partial charge in [0.2, 0.25) is 11.7 Å². The van der Waals surface area contributed by atoms with Gasteiger partial charge in [0.25, 0.3) is 11.5 Å². The zero-order valence-corrected chi connectivity index (χ0v) is 24.5. The Kier molecular flexibility index (Phi) is 7.84. The van der Waals surface area contributed by atoms with Gasteiger partial charge in [-0.15, -0.1) is 0 Å². The van der Waals surface area contributed by atoms with E-state index in [0.717, 1.165) is 23.7 Å². The van der Waals surface area contributed by atoms with Crippen LogP contribution in [0.25, 0.3) is 22.2 Å². The molecule has 1 aliphatic rings. The van der Waals surface area contributed by atoms with Crippen molar-refractivity contribution in [3.63, 3.8) is 0 Å². The van der Waals surface area contributed by atoms with E-state index < -0.39 is 52.4 Å². The van der Waals surface area contributed by atoms with E-state index in [9.17, 15) is 23.9 Å².